The fourth-order valence-electron chi connectivity index (χ4n) is 2.11. The van der Waals surface area contributed by atoms with Gasteiger partial charge in [0.05, 0.1) is 0 Å². The Morgan fingerprint density at radius 2 is 2.00 bits per heavy atom. The molecule has 3 nitrogen and oxygen atoms in total. The number of nitrogens with one attached hydrogen (secondary N) is 1. The van der Waals surface area contributed by atoms with Gasteiger partial charge in [0.25, 0.3) is 0 Å². The maximum atomic E-state index is 11.9. The smallest absolute Gasteiger partial charge is 0.225 e. The Bertz CT molecular complexity index is 238. The lowest BCUT2D eigenvalue weighted by Gasteiger charge is -2.30. The number of amides is 1. The van der Waals surface area contributed by atoms with Gasteiger partial charge in [0, 0.05) is 18.0 Å². The number of hydrogen-bond donors (Lipinski definition) is 2. The molecule has 3 heteroatoms. The van der Waals surface area contributed by atoms with Crippen molar-refractivity contribution in [1.82, 2.24) is 5.32 Å². The minimum absolute atomic E-state index is 0.160. The van der Waals surface area contributed by atoms with E-state index in [1.165, 1.54) is 12.8 Å². The van der Waals surface area contributed by atoms with Crippen LogP contribution >= 0.6 is 0 Å². The van der Waals surface area contributed by atoms with Crippen molar-refractivity contribution in [1.29, 1.82) is 0 Å². The van der Waals surface area contributed by atoms with Crippen LogP contribution in [0.2, 0.25) is 0 Å². The zero-order chi connectivity index (χ0) is 12.2. The lowest BCUT2D eigenvalue weighted by molar-refractivity contribution is -0.129. The van der Waals surface area contributed by atoms with Crippen LogP contribution in [0.15, 0.2) is 0 Å². The van der Waals surface area contributed by atoms with E-state index in [1.54, 1.807) is 0 Å². The van der Waals surface area contributed by atoms with Crippen LogP contribution in [0.4, 0.5) is 0 Å². The van der Waals surface area contributed by atoms with E-state index in [4.69, 9.17) is 5.73 Å². The number of nitrogens with two attached hydrogens (primary N) is 1. The first kappa shape index (κ1) is 13.5. The van der Waals surface area contributed by atoms with Crippen LogP contribution in [-0.4, -0.2) is 18.5 Å². The minimum atomic E-state index is -0.251. The van der Waals surface area contributed by atoms with E-state index in [0.29, 0.717) is 5.92 Å². The predicted molar refractivity (Wildman–Crippen MR) is 67.0 cm³/mol. The molecule has 1 amide bonds. The van der Waals surface area contributed by atoms with E-state index >= 15 is 0 Å². The summed E-state index contributed by atoms with van der Waals surface area (Å²) < 4.78 is 0. The Hall–Kier alpha value is -0.570. The second kappa shape index (κ2) is 5.67. The molecule has 3 N–H and O–H groups in total. The predicted octanol–water partition coefficient (Wildman–Crippen LogP) is 2.06. The summed E-state index contributed by atoms with van der Waals surface area (Å²) >= 11 is 0. The molecule has 2 unspecified atom stereocenters. The molecule has 0 spiro atoms. The van der Waals surface area contributed by atoms with Crippen molar-refractivity contribution in [3.63, 3.8) is 0 Å². The summed E-state index contributed by atoms with van der Waals surface area (Å²) in [6.45, 7) is 6.78. The highest BCUT2D eigenvalue weighted by Gasteiger charge is 2.27. The van der Waals surface area contributed by atoms with E-state index < -0.39 is 0 Å². The van der Waals surface area contributed by atoms with Crippen LogP contribution in [0.3, 0.4) is 0 Å². The molecule has 1 fully saturated rings. The quantitative estimate of drug-likeness (QED) is 0.771. The van der Waals surface area contributed by atoms with Crippen molar-refractivity contribution in [2.45, 2.75) is 58.9 Å². The highest BCUT2D eigenvalue weighted by molar-refractivity contribution is 5.81. The van der Waals surface area contributed by atoms with Crippen LogP contribution in [0.5, 0.6) is 0 Å². The van der Waals surface area contributed by atoms with Crippen molar-refractivity contribution >= 4 is 5.91 Å². The molecule has 0 heterocycles. The van der Waals surface area contributed by atoms with Gasteiger partial charge in [0.2, 0.25) is 5.91 Å². The normalized spacial score (nSPS) is 26.5. The molecule has 16 heavy (non-hydrogen) atoms. The molecule has 0 saturated heterocycles. The molecule has 0 bridgehead atoms. The first-order chi connectivity index (χ1) is 7.47. The van der Waals surface area contributed by atoms with Gasteiger partial charge in [0.15, 0.2) is 0 Å². The molecule has 1 aliphatic carbocycles. The van der Waals surface area contributed by atoms with Crippen LogP contribution in [0, 0.1) is 11.3 Å². The van der Waals surface area contributed by atoms with Gasteiger partial charge < -0.3 is 11.1 Å². The van der Waals surface area contributed by atoms with E-state index in [0.717, 1.165) is 25.8 Å². The Morgan fingerprint density at radius 3 is 2.56 bits per heavy atom. The topological polar surface area (TPSA) is 55.1 Å². The van der Waals surface area contributed by atoms with Gasteiger partial charge >= 0.3 is 0 Å². The third-order valence-corrected chi connectivity index (χ3v) is 3.99. The summed E-state index contributed by atoms with van der Waals surface area (Å²) in [6, 6.07) is 0.277. The maximum Gasteiger partial charge on any atom is 0.225 e. The van der Waals surface area contributed by atoms with E-state index in [-0.39, 0.29) is 17.4 Å². The SMILES string of the molecule is CCC(C)(C)C(=O)NCC1CCCCC1N. The number of rotatable bonds is 4. The number of carbonyl (C=O) groups is 1. The number of carbonyl (C=O) groups excluding carboxylic acids is 1. The van der Waals surface area contributed by atoms with E-state index in [9.17, 15) is 4.79 Å². The Kier molecular flexibility index (Phi) is 4.78. The lowest BCUT2D eigenvalue weighted by atomic mass is 9.84. The van der Waals surface area contributed by atoms with Gasteiger partial charge in [-0.05, 0) is 25.2 Å². The molecule has 0 aliphatic heterocycles. The van der Waals surface area contributed by atoms with E-state index in [2.05, 4.69) is 5.32 Å². The minimum Gasteiger partial charge on any atom is -0.355 e. The molecule has 1 rings (SSSR count). The van der Waals surface area contributed by atoms with Crippen molar-refractivity contribution < 1.29 is 4.79 Å². The summed E-state index contributed by atoms with van der Waals surface area (Å²) in [7, 11) is 0. The van der Waals surface area contributed by atoms with Gasteiger partial charge in [-0.25, -0.2) is 0 Å². The first-order valence-corrected chi connectivity index (χ1v) is 6.51. The molecule has 1 aliphatic rings. The average molecular weight is 226 g/mol. The lowest BCUT2D eigenvalue weighted by Crippen LogP contribution is -2.44. The Morgan fingerprint density at radius 1 is 1.38 bits per heavy atom. The van der Waals surface area contributed by atoms with Crippen molar-refractivity contribution in [3.8, 4) is 0 Å². The molecule has 0 aromatic carbocycles. The fourth-order valence-corrected chi connectivity index (χ4v) is 2.11. The van der Waals surface area contributed by atoms with Gasteiger partial charge in [-0.15, -0.1) is 0 Å². The monoisotopic (exact) mass is 226 g/mol. The first-order valence-electron chi connectivity index (χ1n) is 6.51. The zero-order valence-corrected chi connectivity index (χ0v) is 10.9. The molecular formula is C13H26N2O. The molecule has 2 atom stereocenters. The van der Waals surface area contributed by atoms with Gasteiger partial charge in [0.1, 0.15) is 0 Å². The van der Waals surface area contributed by atoms with Gasteiger partial charge in [-0.1, -0.05) is 33.6 Å². The molecular weight excluding hydrogens is 200 g/mol. The molecule has 1 saturated carbocycles. The summed E-state index contributed by atoms with van der Waals surface area (Å²) in [6.07, 6.45) is 5.64. The molecule has 0 aromatic rings. The van der Waals surface area contributed by atoms with E-state index in [1.807, 2.05) is 20.8 Å². The van der Waals surface area contributed by atoms with Crippen LogP contribution in [0.1, 0.15) is 52.9 Å². The maximum absolute atomic E-state index is 11.9. The van der Waals surface area contributed by atoms with Crippen molar-refractivity contribution in [2.75, 3.05) is 6.54 Å². The molecule has 94 valence electrons. The highest BCUT2D eigenvalue weighted by atomic mass is 16.2. The number of hydrogen-bond acceptors (Lipinski definition) is 2. The van der Waals surface area contributed by atoms with Crippen LogP contribution < -0.4 is 11.1 Å². The highest BCUT2D eigenvalue weighted by Crippen LogP contribution is 2.23. The summed E-state index contributed by atoms with van der Waals surface area (Å²) in [5, 5.41) is 3.06. The second-order valence-corrected chi connectivity index (χ2v) is 5.66. The molecule has 0 aromatic heterocycles. The van der Waals surface area contributed by atoms with Crippen molar-refractivity contribution in [3.05, 3.63) is 0 Å². The van der Waals surface area contributed by atoms with Gasteiger partial charge in [-0.3, -0.25) is 4.79 Å². The Labute approximate surface area is 99.2 Å². The fraction of sp³-hybridized carbons (Fsp3) is 0.923. The molecule has 0 radical (unpaired) electrons. The second-order valence-electron chi connectivity index (χ2n) is 5.66. The summed E-state index contributed by atoms with van der Waals surface area (Å²) in [5.41, 5.74) is 5.80. The summed E-state index contributed by atoms with van der Waals surface area (Å²) in [5.74, 6) is 0.637. The third-order valence-electron chi connectivity index (χ3n) is 3.99. The summed E-state index contributed by atoms with van der Waals surface area (Å²) in [4.78, 5) is 11.9. The van der Waals surface area contributed by atoms with Crippen LogP contribution in [-0.2, 0) is 4.79 Å². The average Bonchev–Trinajstić information content (AvgIpc) is 2.27. The standard InChI is InChI=1S/C13H26N2O/c1-4-13(2,3)12(16)15-9-10-7-5-6-8-11(10)14/h10-11H,4-9,14H2,1-3H3,(H,15,16). The zero-order valence-electron chi connectivity index (χ0n) is 10.9. The Balaban J connectivity index is 2.36. The third kappa shape index (κ3) is 3.48. The van der Waals surface area contributed by atoms with Crippen LogP contribution in [0.25, 0.3) is 0 Å². The largest absolute Gasteiger partial charge is 0.355 e. The van der Waals surface area contributed by atoms with Gasteiger partial charge in [-0.2, -0.15) is 0 Å². The van der Waals surface area contributed by atoms with Crippen molar-refractivity contribution in [2.24, 2.45) is 17.1 Å².